The number of rotatable bonds is 6. The van der Waals surface area contributed by atoms with Crippen LogP contribution in [0.2, 0.25) is 0 Å². The zero-order chi connectivity index (χ0) is 19.1. The molecule has 27 heavy (non-hydrogen) atoms. The summed E-state index contributed by atoms with van der Waals surface area (Å²) in [6.07, 6.45) is 7.16. The Morgan fingerprint density at radius 2 is 1.93 bits per heavy atom. The van der Waals surface area contributed by atoms with Crippen molar-refractivity contribution < 1.29 is 4.79 Å². The molecule has 0 spiro atoms. The summed E-state index contributed by atoms with van der Waals surface area (Å²) in [5.74, 6) is 0.333. The second-order valence-electron chi connectivity index (χ2n) is 6.07. The Balaban J connectivity index is 1.75. The first-order valence-corrected chi connectivity index (χ1v) is 8.86. The minimum atomic E-state index is -0.0195. The highest BCUT2D eigenvalue weighted by Gasteiger charge is 2.14. The van der Waals surface area contributed by atoms with Gasteiger partial charge in [-0.1, -0.05) is 54.6 Å². The van der Waals surface area contributed by atoms with Crippen LogP contribution in [0.5, 0.6) is 0 Å². The Labute approximate surface area is 159 Å². The van der Waals surface area contributed by atoms with E-state index < -0.39 is 0 Å². The van der Waals surface area contributed by atoms with E-state index in [9.17, 15) is 4.79 Å². The highest BCUT2D eigenvalue weighted by atomic mass is 16.2. The van der Waals surface area contributed by atoms with Crippen molar-refractivity contribution in [3.8, 4) is 11.3 Å². The van der Waals surface area contributed by atoms with Crippen LogP contribution in [0.3, 0.4) is 0 Å². The third-order valence-electron chi connectivity index (χ3n) is 4.16. The lowest BCUT2D eigenvalue weighted by Crippen LogP contribution is -2.30. The molecule has 0 radical (unpaired) electrons. The van der Waals surface area contributed by atoms with Crippen molar-refractivity contribution in [2.24, 2.45) is 0 Å². The van der Waals surface area contributed by atoms with Gasteiger partial charge >= 0.3 is 0 Å². The van der Waals surface area contributed by atoms with E-state index in [1.807, 2.05) is 73.7 Å². The standard InChI is InChI=1S/C22H22N4O/c1-2-26(13-7-10-17-8-4-3-5-9-17)22(27)19-12-6-11-18(14-19)20-15-24-16-21(23)25-20/h3-12,14-16H,2,13H2,1H3,(H2,23,25)/b10-7+. The van der Waals surface area contributed by atoms with Crippen LogP contribution in [0.25, 0.3) is 17.3 Å². The summed E-state index contributed by atoms with van der Waals surface area (Å²) < 4.78 is 0. The number of hydrogen-bond acceptors (Lipinski definition) is 4. The second-order valence-corrected chi connectivity index (χ2v) is 6.07. The van der Waals surface area contributed by atoms with Crippen molar-refractivity contribution in [3.63, 3.8) is 0 Å². The van der Waals surface area contributed by atoms with E-state index in [-0.39, 0.29) is 5.91 Å². The number of aromatic nitrogens is 2. The Kier molecular flexibility index (Phi) is 5.94. The number of likely N-dealkylation sites (N-methyl/N-ethyl adjacent to an activating group) is 1. The van der Waals surface area contributed by atoms with Crippen LogP contribution in [0.15, 0.2) is 73.1 Å². The molecule has 136 valence electrons. The molecule has 1 amide bonds. The van der Waals surface area contributed by atoms with Crippen molar-refractivity contribution in [2.45, 2.75) is 6.92 Å². The van der Waals surface area contributed by atoms with Crippen LogP contribution in [0.4, 0.5) is 5.82 Å². The Bertz CT molecular complexity index is 938. The molecule has 2 aromatic carbocycles. The van der Waals surface area contributed by atoms with Crippen LogP contribution >= 0.6 is 0 Å². The molecule has 3 rings (SSSR count). The lowest BCUT2D eigenvalue weighted by Gasteiger charge is -2.19. The summed E-state index contributed by atoms with van der Waals surface area (Å²) in [6, 6.07) is 17.4. The topological polar surface area (TPSA) is 72.1 Å². The minimum absolute atomic E-state index is 0.0195. The second kappa shape index (κ2) is 8.76. The van der Waals surface area contributed by atoms with Gasteiger partial charge in [-0.2, -0.15) is 0 Å². The molecule has 0 fully saturated rings. The Hall–Kier alpha value is -3.47. The van der Waals surface area contributed by atoms with Crippen molar-refractivity contribution in [2.75, 3.05) is 18.8 Å². The number of hydrogen-bond donors (Lipinski definition) is 1. The first-order chi connectivity index (χ1) is 13.2. The summed E-state index contributed by atoms with van der Waals surface area (Å²) >= 11 is 0. The van der Waals surface area contributed by atoms with E-state index >= 15 is 0 Å². The van der Waals surface area contributed by atoms with Gasteiger partial charge in [-0.3, -0.25) is 9.78 Å². The van der Waals surface area contributed by atoms with Gasteiger partial charge in [0.2, 0.25) is 0 Å². The number of anilines is 1. The smallest absolute Gasteiger partial charge is 0.254 e. The molecule has 3 aromatic rings. The van der Waals surface area contributed by atoms with E-state index in [4.69, 9.17) is 5.73 Å². The molecule has 1 heterocycles. The number of carbonyl (C=O) groups excluding carboxylic acids is 1. The highest BCUT2D eigenvalue weighted by Crippen LogP contribution is 2.19. The summed E-state index contributed by atoms with van der Waals surface area (Å²) in [7, 11) is 0. The van der Waals surface area contributed by atoms with Gasteiger partial charge < -0.3 is 10.6 Å². The van der Waals surface area contributed by atoms with Crippen molar-refractivity contribution in [1.82, 2.24) is 14.9 Å². The normalized spacial score (nSPS) is 10.9. The Morgan fingerprint density at radius 3 is 2.67 bits per heavy atom. The van der Waals surface area contributed by atoms with Gasteiger partial charge in [0.05, 0.1) is 18.1 Å². The molecule has 0 aliphatic carbocycles. The highest BCUT2D eigenvalue weighted by molar-refractivity contribution is 5.95. The molecule has 0 aliphatic rings. The zero-order valence-corrected chi connectivity index (χ0v) is 15.2. The predicted molar refractivity (Wildman–Crippen MR) is 109 cm³/mol. The van der Waals surface area contributed by atoms with Gasteiger partial charge in [-0.15, -0.1) is 0 Å². The van der Waals surface area contributed by atoms with Gasteiger partial charge in [0.15, 0.2) is 0 Å². The van der Waals surface area contributed by atoms with Crippen molar-refractivity contribution in [3.05, 3.63) is 84.2 Å². The molecule has 0 unspecified atom stereocenters. The van der Waals surface area contributed by atoms with Crippen LogP contribution in [-0.2, 0) is 0 Å². The van der Waals surface area contributed by atoms with E-state index in [0.717, 1.165) is 11.1 Å². The third kappa shape index (κ3) is 4.79. The van der Waals surface area contributed by atoms with Crippen LogP contribution in [0, 0.1) is 0 Å². The Morgan fingerprint density at radius 1 is 1.11 bits per heavy atom. The lowest BCUT2D eigenvalue weighted by molar-refractivity contribution is 0.0782. The number of nitrogens with zero attached hydrogens (tertiary/aromatic N) is 3. The van der Waals surface area contributed by atoms with Gasteiger partial charge in [0, 0.05) is 24.2 Å². The van der Waals surface area contributed by atoms with Gasteiger partial charge in [-0.05, 0) is 24.6 Å². The van der Waals surface area contributed by atoms with Crippen LogP contribution in [0.1, 0.15) is 22.8 Å². The lowest BCUT2D eigenvalue weighted by atomic mass is 10.1. The molecular weight excluding hydrogens is 336 g/mol. The quantitative estimate of drug-likeness (QED) is 0.725. The minimum Gasteiger partial charge on any atom is -0.382 e. The fourth-order valence-corrected chi connectivity index (χ4v) is 2.75. The zero-order valence-electron chi connectivity index (χ0n) is 15.2. The number of nitrogen functional groups attached to an aromatic ring is 1. The number of nitrogens with two attached hydrogens (primary N) is 1. The summed E-state index contributed by atoms with van der Waals surface area (Å²) in [4.78, 5) is 23.0. The maximum Gasteiger partial charge on any atom is 0.254 e. The summed E-state index contributed by atoms with van der Waals surface area (Å²) in [5.41, 5.74) is 8.91. The molecule has 0 saturated carbocycles. The van der Waals surface area contributed by atoms with E-state index in [1.165, 1.54) is 6.20 Å². The summed E-state index contributed by atoms with van der Waals surface area (Å²) in [5, 5.41) is 0. The molecule has 2 N–H and O–H groups in total. The summed E-state index contributed by atoms with van der Waals surface area (Å²) in [6.45, 7) is 3.15. The molecule has 5 heteroatoms. The van der Waals surface area contributed by atoms with Crippen LogP contribution in [-0.4, -0.2) is 33.9 Å². The van der Waals surface area contributed by atoms with E-state index in [0.29, 0.717) is 30.2 Å². The number of benzene rings is 2. The largest absolute Gasteiger partial charge is 0.382 e. The molecule has 1 aromatic heterocycles. The van der Waals surface area contributed by atoms with Crippen molar-refractivity contribution in [1.29, 1.82) is 0 Å². The van der Waals surface area contributed by atoms with E-state index in [1.54, 1.807) is 11.1 Å². The molecule has 5 nitrogen and oxygen atoms in total. The molecular formula is C22H22N4O. The average molecular weight is 358 g/mol. The third-order valence-corrected chi connectivity index (χ3v) is 4.16. The first kappa shape index (κ1) is 18.3. The van der Waals surface area contributed by atoms with Crippen molar-refractivity contribution >= 4 is 17.8 Å². The molecule has 0 atom stereocenters. The molecule has 0 aliphatic heterocycles. The SMILES string of the molecule is CCN(C/C=C/c1ccccc1)C(=O)c1cccc(-c2cncc(N)n2)c1. The first-order valence-electron chi connectivity index (χ1n) is 8.86. The maximum absolute atomic E-state index is 12.9. The fraction of sp³-hybridized carbons (Fsp3) is 0.136. The van der Waals surface area contributed by atoms with Gasteiger partial charge in [-0.25, -0.2) is 4.98 Å². The fourth-order valence-electron chi connectivity index (χ4n) is 2.75. The molecule has 0 bridgehead atoms. The number of carbonyl (C=O) groups is 1. The average Bonchev–Trinajstić information content (AvgIpc) is 2.72. The van der Waals surface area contributed by atoms with Crippen LogP contribution < -0.4 is 5.73 Å². The number of amides is 1. The van der Waals surface area contributed by atoms with E-state index in [2.05, 4.69) is 9.97 Å². The molecule has 0 saturated heterocycles. The predicted octanol–water partition coefficient (Wildman–Crippen LogP) is 3.90. The monoisotopic (exact) mass is 358 g/mol. The van der Waals surface area contributed by atoms with Gasteiger partial charge in [0.1, 0.15) is 5.82 Å². The van der Waals surface area contributed by atoms with Gasteiger partial charge in [0.25, 0.3) is 5.91 Å². The maximum atomic E-state index is 12.9.